The van der Waals surface area contributed by atoms with Gasteiger partial charge in [-0.05, 0) is 19.1 Å². The summed E-state index contributed by atoms with van der Waals surface area (Å²) < 4.78 is 10.1. The Kier molecular flexibility index (Phi) is 2.97. The van der Waals surface area contributed by atoms with Crippen molar-refractivity contribution in [3.05, 3.63) is 47.4 Å². The molecule has 0 radical (unpaired) electrons. The van der Waals surface area contributed by atoms with Gasteiger partial charge in [-0.15, -0.1) is 0 Å². The number of rotatable bonds is 3. The van der Waals surface area contributed by atoms with Gasteiger partial charge in [0, 0.05) is 18.0 Å². The second-order valence-electron chi connectivity index (χ2n) is 4.10. The second kappa shape index (κ2) is 4.93. The summed E-state index contributed by atoms with van der Waals surface area (Å²) in [5, 5.41) is 16.7. The summed E-state index contributed by atoms with van der Waals surface area (Å²) in [6, 6.07) is 5.67. The molecule has 20 heavy (non-hydrogen) atoms. The van der Waals surface area contributed by atoms with Gasteiger partial charge in [0.2, 0.25) is 11.7 Å². The van der Waals surface area contributed by atoms with Gasteiger partial charge >= 0.3 is 0 Å². The molecule has 0 aliphatic heterocycles. The predicted octanol–water partition coefficient (Wildman–Crippen LogP) is 1.89. The quantitative estimate of drug-likeness (QED) is 0.713. The van der Waals surface area contributed by atoms with Crippen LogP contribution in [0.1, 0.15) is 22.9 Å². The van der Waals surface area contributed by atoms with Gasteiger partial charge in [-0.1, -0.05) is 10.3 Å². The molecule has 3 heterocycles. The third kappa shape index (κ3) is 2.14. The minimum absolute atomic E-state index is 0.257. The third-order valence-electron chi connectivity index (χ3n) is 2.75. The van der Waals surface area contributed by atoms with Gasteiger partial charge in [-0.25, -0.2) is 0 Å². The van der Waals surface area contributed by atoms with E-state index in [0.717, 1.165) is 5.56 Å². The van der Waals surface area contributed by atoms with Crippen molar-refractivity contribution in [2.75, 3.05) is 0 Å². The van der Waals surface area contributed by atoms with Gasteiger partial charge in [0.1, 0.15) is 17.3 Å². The van der Waals surface area contributed by atoms with Gasteiger partial charge in [0.05, 0.1) is 6.42 Å². The molecule has 0 fully saturated rings. The molecule has 0 amide bonds. The molecular weight excluding hydrogens is 258 g/mol. The second-order valence-corrected chi connectivity index (χ2v) is 4.10. The zero-order valence-electron chi connectivity index (χ0n) is 10.6. The summed E-state index contributed by atoms with van der Waals surface area (Å²) in [6.07, 6.45) is 3.57. The summed E-state index contributed by atoms with van der Waals surface area (Å²) in [5.41, 5.74) is 1.66. The summed E-state index contributed by atoms with van der Waals surface area (Å²) in [7, 11) is 0. The minimum Gasteiger partial charge on any atom is -0.360 e. The zero-order chi connectivity index (χ0) is 13.9. The van der Waals surface area contributed by atoms with Crippen molar-refractivity contribution >= 4 is 0 Å². The normalized spacial score (nSPS) is 10.4. The Bertz CT molecular complexity index is 770. The van der Waals surface area contributed by atoms with E-state index >= 15 is 0 Å². The average Bonchev–Trinajstić information content (AvgIpc) is 3.08. The number of hydrogen-bond acceptors (Lipinski definition) is 7. The first-order valence-corrected chi connectivity index (χ1v) is 5.86. The van der Waals surface area contributed by atoms with Crippen molar-refractivity contribution in [1.82, 2.24) is 20.3 Å². The Morgan fingerprint density at radius 1 is 1.30 bits per heavy atom. The maximum absolute atomic E-state index is 9.02. The van der Waals surface area contributed by atoms with Crippen LogP contribution in [0.25, 0.3) is 11.4 Å². The molecule has 0 N–H and O–H groups in total. The van der Waals surface area contributed by atoms with Crippen molar-refractivity contribution in [1.29, 1.82) is 5.26 Å². The molecule has 3 aromatic heterocycles. The van der Waals surface area contributed by atoms with Crippen molar-refractivity contribution < 1.29 is 9.05 Å². The van der Waals surface area contributed by atoms with Crippen molar-refractivity contribution in [3.63, 3.8) is 0 Å². The first kappa shape index (κ1) is 12.0. The van der Waals surface area contributed by atoms with Gasteiger partial charge in [0.25, 0.3) is 0 Å². The Hall–Kier alpha value is -3.01. The van der Waals surface area contributed by atoms with E-state index in [0.29, 0.717) is 28.7 Å². The monoisotopic (exact) mass is 267 g/mol. The molecule has 98 valence electrons. The van der Waals surface area contributed by atoms with Gasteiger partial charge in [0.15, 0.2) is 5.76 Å². The molecule has 0 saturated heterocycles. The number of aryl methyl sites for hydroxylation is 1. The fraction of sp³-hybridized carbons (Fsp3) is 0.154. The SMILES string of the molecule is Cc1onc(Cc2nc(-c3cccnc3)no2)c1C#N. The highest BCUT2D eigenvalue weighted by Crippen LogP contribution is 2.18. The van der Waals surface area contributed by atoms with E-state index < -0.39 is 0 Å². The first-order chi connectivity index (χ1) is 9.78. The number of nitriles is 1. The molecule has 7 heteroatoms. The van der Waals surface area contributed by atoms with Gasteiger partial charge in [-0.2, -0.15) is 10.2 Å². The lowest BCUT2D eigenvalue weighted by Crippen LogP contribution is -1.92. The summed E-state index contributed by atoms with van der Waals surface area (Å²) in [6.45, 7) is 1.68. The Morgan fingerprint density at radius 3 is 2.95 bits per heavy atom. The maximum atomic E-state index is 9.02. The lowest BCUT2D eigenvalue weighted by Gasteiger charge is -1.90. The van der Waals surface area contributed by atoms with Crippen LogP contribution in [0.4, 0.5) is 0 Å². The van der Waals surface area contributed by atoms with E-state index in [2.05, 4.69) is 20.3 Å². The molecule has 0 aromatic carbocycles. The van der Waals surface area contributed by atoms with Crippen molar-refractivity contribution in [2.45, 2.75) is 13.3 Å². The van der Waals surface area contributed by atoms with Crippen LogP contribution >= 0.6 is 0 Å². The van der Waals surface area contributed by atoms with Crippen LogP contribution < -0.4 is 0 Å². The lowest BCUT2D eigenvalue weighted by molar-refractivity contribution is 0.371. The highest BCUT2D eigenvalue weighted by atomic mass is 16.5. The first-order valence-electron chi connectivity index (χ1n) is 5.86. The van der Waals surface area contributed by atoms with E-state index in [4.69, 9.17) is 14.3 Å². The molecular formula is C13H9N5O2. The van der Waals surface area contributed by atoms with Crippen LogP contribution in [0.15, 0.2) is 33.6 Å². The van der Waals surface area contributed by atoms with E-state index in [1.807, 2.05) is 12.1 Å². The number of hydrogen-bond donors (Lipinski definition) is 0. The fourth-order valence-electron chi connectivity index (χ4n) is 1.76. The van der Waals surface area contributed by atoms with E-state index in [1.165, 1.54) is 0 Å². The average molecular weight is 267 g/mol. The van der Waals surface area contributed by atoms with Crippen LogP contribution in [0.3, 0.4) is 0 Å². The summed E-state index contributed by atoms with van der Waals surface area (Å²) in [5.74, 6) is 1.30. The molecule has 0 unspecified atom stereocenters. The van der Waals surface area contributed by atoms with Crippen molar-refractivity contribution in [2.24, 2.45) is 0 Å². The number of aromatic nitrogens is 4. The molecule has 7 nitrogen and oxygen atoms in total. The van der Waals surface area contributed by atoms with E-state index in [9.17, 15) is 0 Å². The molecule has 3 aromatic rings. The van der Waals surface area contributed by atoms with Crippen LogP contribution in [-0.4, -0.2) is 20.3 Å². The fourth-order valence-corrected chi connectivity index (χ4v) is 1.76. The lowest BCUT2D eigenvalue weighted by atomic mass is 10.1. The minimum atomic E-state index is 0.257. The Morgan fingerprint density at radius 2 is 2.20 bits per heavy atom. The van der Waals surface area contributed by atoms with Gasteiger partial charge < -0.3 is 9.05 Å². The summed E-state index contributed by atoms with van der Waals surface area (Å²) >= 11 is 0. The zero-order valence-corrected chi connectivity index (χ0v) is 10.6. The van der Waals surface area contributed by atoms with E-state index in [-0.39, 0.29) is 6.42 Å². The van der Waals surface area contributed by atoms with Gasteiger partial charge in [-0.3, -0.25) is 4.98 Å². The molecule has 0 atom stereocenters. The Balaban J connectivity index is 1.87. The third-order valence-corrected chi connectivity index (χ3v) is 2.75. The van der Waals surface area contributed by atoms with Crippen LogP contribution in [0, 0.1) is 18.3 Å². The standard InChI is InChI=1S/C13H9N5O2/c1-8-10(6-14)11(17-19-8)5-12-16-13(18-20-12)9-3-2-4-15-7-9/h2-4,7H,5H2,1H3. The molecule has 0 spiro atoms. The predicted molar refractivity (Wildman–Crippen MR) is 66.3 cm³/mol. The molecule has 3 rings (SSSR count). The maximum Gasteiger partial charge on any atom is 0.233 e. The van der Waals surface area contributed by atoms with Crippen LogP contribution in [0.5, 0.6) is 0 Å². The molecule has 0 aliphatic rings. The Labute approximate surface area is 113 Å². The summed E-state index contributed by atoms with van der Waals surface area (Å²) in [4.78, 5) is 8.24. The topological polar surface area (TPSA) is 102 Å². The smallest absolute Gasteiger partial charge is 0.233 e. The van der Waals surface area contributed by atoms with Crippen LogP contribution in [0.2, 0.25) is 0 Å². The molecule has 0 aliphatic carbocycles. The highest BCUT2D eigenvalue weighted by molar-refractivity contribution is 5.52. The van der Waals surface area contributed by atoms with Crippen molar-refractivity contribution in [3.8, 4) is 17.5 Å². The molecule has 0 bridgehead atoms. The molecule has 0 saturated carbocycles. The number of nitrogens with zero attached hydrogens (tertiary/aromatic N) is 5. The van der Waals surface area contributed by atoms with E-state index in [1.54, 1.807) is 25.4 Å². The highest BCUT2D eigenvalue weighted by Gasteiger charge is 2.16. The number of pyridine rings is 1. The van der Waals surface area contributed by atoms with Crippen LogP contribution in [-0.2, 0) is 6.42 Å². The largest absolute Gasteiger partial charge is 0.360 e.